The summed E-state index contributed by atoms with van der Waals surface area (Å²) in [4.78, 5) is 16.5. The maximum atomic E-state index is 11.5. The number of fused-ring (bicyclic) bond motifs is 2. The number of nitrogens with one attached hydrogen (secondary N) is 1. The monoisotopic (exact) mass is 343 g/mol. The molecule has 4 rings (SSSR count). The molecule has 2 unspecified atom stereocenters. The van der Waals surface area contributed by atoms with Crippen LogP contribution >= 0.6 is 24.8 Å². The number of carbonyl (C=O) groups excluding carboxylic acids is 1. The normalized spacial score (nSPS) is 26.6. The average Bonchev–Trinajstić information content (AvgIpc) is 2.95. The summed E-state index contributed by atoms with van der Waals surface area (Å²) in [6.45, 7) is 4.76. The maximum Gasteiger partial charge on any atom is 0.224 e. The zero-order valence-corrected chi connectivity index (χ0v) is 14.4. The Morgan fingerprint density at radius 3 is 2.41 bits per heavy atom. The van der Waals surface area contributed by atoms with Crippen molar-refractivity contribution < 1.29 is 4.79 Å². The van der Waals surface area contributed by atoms with E-state index in [1.165, 1.54) is 24.3 Å². The van der Waals surface area contributed by atoms with Gasteiger partial charge in [0, 0.05) is 44.0 Å². The third kappa shape index (κ3) is 3.05. The Morgan fingerprint density at radius 2 is 1.73 bits per heavy atom. The summed E-state index contributed by atoms with van der Waals surface area (Å²) >= 11 is 0. The van der Waals surface area contributed by atoms with Gasteiger partial charge in [0.05, 0.1) is 0 Å². The molecule has 2 saturated heterocycles. The average molecular weight is 344 g/mol. The van der Waals surface area contributed by atoms with Gasteiger partial charge in [-0.3, -0.25) is 4.79 Å². The molecule has 122 valence electrons. The lowest BCUT2D eigenvalue weighted by Gasteiger charge is -2.24. The van der Waals surface area contributed by atoms with Gasteiger partial charge in [0.2, 0.25) is 5.91 Å². The third-order valence-corrected chi connectivity index (χ3v) is 5.02. The predicted molar refractivity (Wildman–Crippen MR) is 94.6 cm³/mol. The molecule has 0 radical (unpaired) electrons. The van der Waals surface area contributed by atoms with Gasteiger partial charge in [-0.05, 0) is 43.0 Å². The molecular weight excluding hydrogens is 321 g/mol. The van der Waals surface area contributed by atoms with Gasteiger partial charge < -0.3 is 15.1 Å². The number of amides is 1. The standard InChI is InChI=1S/C16H21N3O.2ClH/c1-18-7-12-9-19(10-13(12)8-18)14-4-2-11-3-5-16(20)17-15(11)6-14;;/h2,4,6,12-13H,3,5,7-10H2,1H3,(H,17,20);2*1H. The van der Waals surface area contributed by atoms with Crippen LogP contribution in [0.4, 0.5) is 11.4 Å². The highest BCUT2D eigenvalue weighted by Gasteiger charge is 2.38. The number of aryl methyl sites for hydroxylation is 1. The summed E-state index contributed by atoms with van der Waals surface area (Å²) in [5.74, 6) is 1.77. The van der Waals surface area contributed by atoms with Crippen molar-refractivity contribution >= 4 is 42.1 Å². The van der Waals surface area contributed by atoms with Crippen LogP contribution in [0.15, 0.2) is 18.2 Å². The highest BCUT2D eigenvalue weighted by atomic mass is 35.5. The number of likely N-dealkylation sites (tertiary alicyclic amines) is 1. The number of hydrogen-bond acceptors (Lipinski definition) is 3. The molecule has 0 bridgehead atoms. The van der Waals surface area contributed by atoms with Crippen LogP contribution in [0, 0.1) is 11.8 Å². The lowest BCUT2D eigenvalue weighted by atomic mass is 10.0. The van der Waals surface area contributed by atoms with Gasteiger partial charge in [0.25, 0.3) is 0 Å². The van der Waals surface area contributed by atoms with E-state index in [1.54, 1.807) is 0 Å². The summed E-state index contributed by atoms with van der Waals surface area (Å²) in [6, 6.07) is 6.57. The van der Waals surface area contributed by atoms with Crippen molar-refractivity contribution in [3.05, 3.63) is 23.8 Å². The van der Waals surface area contributed by atoms with Crippen LogP contribution in [0.3, 0.4) is 0 Å². The molecule has 3 aliphatic rings. The minimum Gasteiger partial charge on any atom is -0.371 e. The molecule has 1 amide bonds. The topological polar surface area (TPSA) is 35.6 Å². The zero-order valence-electron chi connectivity index (χ0n) is 12.7. The molecule has 0 spiro atoms. The van der Waals surface area contributed by atoms with E-state index in [-0.39, 0.29) is 30.7 Å². The fourth-order valence-electron chi connectivity index (χ4n) is 3.99. The van der Waals surface area contributed by atoms with Crippen molar-refractivity contribution in [2.24, 2.45) is 11.8 Å². The molecule has 1 N–H and O–H groups in total. The summed E-state index contributed by atoms with van der Waals surface area (Å²) < 4.78 is 0. The highest BCUT2D eigenvalue weighted by Crippen LogP contribution is 2.35. The largest absolute Gasteiger partial charge is 0.371 e. The van der Waals surface area contributed by atoms with Crippen molar-refractivity contribution in [1.82, 2.24) is 4.90 Å². The molecule has 4 nitrogen and oxygen atoms in total. The Labute approximate surface area is 144 Å². The van der Waals surface area contributed by atoms with E-state index in [1.807, 2.05) is 0 Å². The van der Waals surface area contributed by atoms with Crippen LogP contribution in [-0.4, -0.2) is 44.0 Å². The Bertz CT molecular complexity index is 552. The molecule has 1 aromatic carbocycles. The molecule has 3 aliphatic heterocycles. The number of hydrogen-bond donors (Lipinski definition) is 1. The number of halogens is 2. The van der Waals surface area contributed by atoms with Gasteiger partial charge in [-0.15, -0.1) is 24.8 Å². The Balaban J connectivity index is 0.000000882. The molecule has 2 fully saturated rings. The second-order valence-electron chi connectivity index (χ2n) is 6.54. The van der Waals surface area contributed by atoms with Crippen LogP contribution in [-0.2, 0) is 11.2 Å². The van der Waals surface area contributed by atoms with Gasteiger partial charge in [-0.1, -0.05) is 6.07 Å². The van der Waals surface area contributed by atoms with Crippen molar-refractivity contribution in [2.75, 3.05) is 43.4 Å². The number of anilines is 2. The summed E-state index contributed by atoms with van der Waals surface area (Å²) in [5, 5.41) is 3.01. The molecule has 2 atom stereocenters. The number of carbonyl (C=O) groups is 1. The summed E-state index contributed by atoms with van der Waals surface area (Å²) in [5.41, 5.74) is 3.56. The summed E-state index contributed by atoms with van der Waals surface area (Å²) in [7, 11) is 2.22. The number of nitrogens with zero attached hydrogens (tertiary/aromatic N) is 2. The molecule has 3 heterocycles. The predicted octanol–water partition coefficient (Wildman–Crippen LogP) is 2.41. The Hall–Kier alpha value is -0.970. The molecule has 6 heteroatoms. The van der Waals surface area contributed by atoms with Crippen molar-refractivity contribution in [2.45, 2.75) is 12.8 Å². The second kappa shape index (κ2) is 6.65. The maximum absolute atomic E-state index is 11.5. The lowest BCUT2D eigenvalue weighted by Crippen LogP contribution is -2.27. The zero-order chi connectivity index (χ0) is 13.7. The van der Waals surface area contributed by atoms with Crippen LogP contribution in [0.2, 0.25) is 0 Å². The van der Waals surface area contributed by atoms with Gasteiger partial charge in [-0.25, -0.2) is 0 Å². The minimum atomic E-state index is 0. The molecule has 0 aromatic heterocycles. The van der Waals surface area contributed by atoms with Gasteiger partial charge in [0.15, 0.2) is 0 Å². The van der Waals surface area contributed by atoms with E-state index in [0.717, 1.165) is 37.0 Å². The first kappa shape index (κ1) is 17.4. The Kier molecular flexibility index (Phi) is 5.25. The highest BCUT2D eigenvalue weighted by molar-refractivity contribution is 5.94. The van der Waals surface area contributed by atoms with Crippen LogP contribution < -0.4 is 10.2 Å². The second-order valence-corrected chi connectivity index (χ2v) is 6.54. The minimum absolute atomic E-state index is 0. The van der Waals surface area contributed by atoms with Crippen molar-refractivity contribution in [3.63, 3.8) is 0 Å². The molecule has 1 aromatic rings. The summed E-state index contributed by atoms with van der Waals surface area (Å²) in [6.07, 6.45) is 1.49. The molecule has 22 heavy (non-hydrogen) atoms. The first-order valence-corrected chi connectivity index (χ1v) is 7.55. The van der Waals surface area contributed by atoms with Crippen molar-refractivity contribution in [3.8, 4) is 0 Å². The van der Waals surface area contributed by atoms with E-state index in [0.29, 0.717) is 6.42 Å². The van der Waals surface area contributed by atoms with E-state index in [4.69, 9.17) is 0 Å². The van der Waals surface area contributed by atoms with E-state index >= 15 is 0 Å². The fourth-order valence-corrected chi connectivity index (χ4v) is 3.99. The smallest absolute Gasteiger partial charge is 0.224 e. The van der Waals surface area contributed by atoms with Crippen LogP contribution in [0.25, 0.3) is 0 Å². The van der Waals surface area contributed by atoms with Crippen LogP contribution in [0.5, 0.6) is 0 Å². The fraction of sp³-hybridized carbons (Fsp3) is 0.562. The first-order chi connectivity index (χ1) is 9.69. The lowest BCUT2D eigenvalue weighted by molar-refractivity contribution is -0.116. The van der Waals surface area contributed by atoms with E-state index in [9.17, 15) is 4.79 Å². The van der Waals surface area contributed by atoms with Gasteiger partial charge >= 0.3 is 0 Å². The van der Waals surface area contributed by atoms with E-state index in [2.05, 4.69) is 40.4 Å². The SMILES string of the molecule is CN1CC2CN(c3ccc4c(c3)NC(=O)CC4)CC2C1.Cl.Cl. The molecule has 0 aliphatic carbocycles. The van der Waals surface area contributed by atoms with Gasteiger partial charge in [-0.2, -0.15) is 0 Å². The molecular formula is C16H23Cl2N3O. The van der Waals surface area contributed by atoms with Crippen molar-refractivity contribution in [1.29, 1.82) is 0 Å². The first-order valence-electron chi connectivity index (χ1n) is 7.55. The number of rotatable bonds is 1. The van der Waals surface area contributed by atoms with Gasteiger partial charge in [0.1, 0.15) is 0 Å². The molecule has 0 saturated carbocycles. The van der Waals surface area contributed by atoms with E-state index < -0.39 is 0 Å². The third-order valence-electron chi connectivity index (χ3n) is 5.02. The Morgan fingerprint density at radius 1 is 1.05 bits per heavy atom. The quantitative estimate of drug-likeness (QED) is 0.850. The van der Waals surface area contributed by atoms with Crippen LogP contribution in [0.1, 0.15) is 12.0 Å². The number of benzene rings is 1.